The number of amides is 1. The molecule has 1 amide bonds. The Morgan fingerprint density at radius 3 is 2.61 bits per heavy atom. The van der Waals surface area contributed by atoms with Gasteiger partial charge in [0.2, 0.25) is 0 Å². The molecule has 5 heteroatoms. The molecule has 1 aliphatic rings. The molecule has 1 saturated heterocycles. The van der Waals surface area contributed by atoms with E-state index in [1.54, 1.807) is 24.5 Å². The van der Waals surface area contributed by atoms with Crippen LogP contribution in [0.4, 0.5) is 5.69 Å². The summed E-state index contributed by atoms with van der Waals surface area (Å²) in [4.78, 5) is 16.0. The van der Waals surface area contributed by atoms with E-state index in [2.05, 4.69) is 22.5 Å². The zero-order chi connectivity index (χ0) is 16.1. The number of pyridine rings is 1. The highest BCUT2D eigenvalue weighted by Gasteiger charge is 2.18. The smallest absolute Gasteiger partial charge is 0.255 e. The Morgan fingerprint density at radius 1 is 1.22 bits per heavy atom. The van der Waals surface area contributed by atoms with Crippen molar-refractivity contribution in [2.45, 2.75) is 25.4 Å². The standard InChI is InChI=1S/C18H21N3O2/c1-13(20-17-8-11-23-12-17)14-2-4-16(5-3-14)21-18(22)15-6-9-19-10-7-15/h2-7,9-10,13,17,20H,8,11-12H2,1H3,(H,21,22). The Labute approximate surface area is 136 Å². The fourth-order valence-electron chi connectivity index (χ4n) is 2.68. The van der Waals surface area contributed by atoms with E-state index < -0.39 is 0 Å². The van der Waals surface area contributed by atoms with Crippen LogP contribution in [0.2, 0.25) is 0 Å². The number of nitrogens with zero attached hydrogens (tertiary/aromatic N) is 1. The van der Waals surface area contributed by atoms with E-state index in [0.29, 0.717) is 11.6 Å². The largest absolute Gasteiger partial charge is 0.380 e. The van der Waals surface area contributed by atoms with Crippen molar-refractivity contribution in [3.05, 3.63) is 59.9 Å². The van der Waals surface area contributed by atoms with E-state index in [1.165, 1.54) is 5.56 Å². The number of hydrogen-bond acceptors (Lipinski definition) is 4. The van der Waals surface area contributed by atoms with Gasteiger partial charge in [-0.1, -0.05) is 12.1 Å². The zero-order valence-electron chi connectivity index (χ0n) is 13.2. The molecule has 1 aromatic carbocycles. The molecule has 0 radical (unpaired) electrons. The van der Waals surface area contributed by atoms with Gasteiger partial charge in [-0.25, -0.2) is 0 Å². The molecule has 2 heterocycles. The van der Waals surface area contributed by atoms with Gasteiger partial charge in [-0.05, 0) is 43.2 Å². The van der Waals surface area contributed by atoms with Gasteiger partial charge in [-0.15, -0.1) is 0 Å². The molecule has 1 aromatic heterocycles. The van der Waals surface area contributed by atoms with Crippen molar-refractivity contribution >= 4 is 11.6 Å². The molecule has 5 nitrogen and oxygen atoms in total. The minimum Gasteiger partial charge on any atom is -0.380 e. The van der Waals surface area contributed by atoms with E-state index in [4.69, 9.17) is 4.74 Å². The third-order valence-electron chi connectivity index (χ3n) is 4.03. The lowest BCUT2D eigenvalue weighted by Crippen LogP contribution is -2.31. The second-order valence-corrected chi connectivity index (χ2v) is 5.76. The Hall–Kier alpha value is -2.24. The maximum absolute atomic E-state index is 12.1. The van der Waals surface area contributed by atoms with Crippen molar-refractivity contribution in [3.8, 4) is 0 Å². The summed E-state index contributed by atoms with van der Waals surface area (Å²) in [6.07, 6.45) is 4.28. The highest BCUT2D eigenvalue weighted by atomic mass is 16.5. The topological polar surface area (TPSA) is 63.2 Å². The Balaban J connectivity index is 1.59. The summed E-state index contributed by atoms with van der Waals surface area (Å²) in [5, 5.41) is 6.45. The van der Waals surface area contributed by atoms with Gasteiger partial charge < -0.3 is 15.4 Å². The van der Waals surface area contributed by atoms with Crippen LogP contribution in [0.25, 0.3) is 0 Å². The second-order valence-electron chi connectivity index (χ2n) is 5.76. The first kappa shape index (κ1) is 15.6. The van der Waals surface area contributed by atoms with Gasteiger partial charge in [0.15, 0.2) is 0 Å². The van der Waals surface area contributed by atoms with Crippen molar-refractivity contribution in [3.63, 3.8) is 0 Å². The number of ether oxygens (including phenoxy) is 1. The normalized spacial score (nSPS) is 18.6. The number of aromatic nitrogens is 1. The molecule has 2 aromatic rings. The van der Waals surface area contributed by atoms with Crippen molar-refractivity contribution < 1.29 is 9.53 Å². The summed E-state index contributed by atoms with van der Waals surface area (Å²) < 4.78 is 5.38. The third kappa shape index (κ3) is 4.15. The molecule has 0 aliphatic carbocycles. The number of nitrogens with one attached hydrogen (secondary N) is 2. The van der Waals surface area contributed by atoms with Gasteiger partial charge in [0.05, 0.1) is 6.61 Å². The molecule has 2 N–H and O–H groups in total. The maximum Gasteiger partial charge on any atom is 0.255 e. The van der Waals surface area contributed by atoms with Gasteiger partial charge in [0, 0.05) is 42.3 Å². The van der Waals surface area contributed by atoms with Crippen LogP contribution < -0.4 is 10.6 Å². The molecular weight excluding hydrogens is 290 g/mol. The average Bonchev–Trinajstić information content (AvgIpc) is 3.09. The van der Waals surface area contributed by atoms with Crippen LogP contribution >= 0.6 is 0 Å². The van der Waals surface area contributed by atoms with E-state index in [1.807, 2.05) is 24.3 Å². The predicted molar refractivity (Wildman–Crippen MR) is 89.4 cm³/mol. The van der Waals surface area contributed by atoms with Crippen LogP contribution in [-0.4, -0.2) is 30.1 Å². The quantitative estimate of drug-likeness (QED) is 0.891. The number of benzene rings is 1. The number of anilines is 1. The summed E-state index contributed by atoms with van der Waals surface area (Å²) in [7, 11) is 0. The minimum atomic E-state index is -0.130. The highest BCUT2D eigenvalue weighted by Crippen LogP contribution is 2.18. The molecule has 0 spiro atoms. The van der Waals surface area contributed by atoms with Crippen LogP contribution in [0, 0.1) is 0 Å². The van der Waals surface area contributed by atoms with Crippen LogP contribution in [0.5, 0.6) is 0 Å². The summed E-state index contributed by atoms with van der Waals surface area (Å²) in [6.45, 7) is 3.76. The van der Waals surface area contributed by atoms with E-state index in [-0.39, 0.29) is 11.9 Å². The SMILES string of the molecule is CC(NC1CCOC1)c1ccc(NC(=O)c2ccncc2)cc1. The third-order valence-corrected chi connectivity index (χ3v) is 4.03. The van der Waals surface area contributed by atoms with E-state index in [9.17, 15) is 4.79 Å². The van der Waals surface area contributed by atoms with Gasteiger partial charge in [-0.2, -0.15) is 0 Å². The van der Waals surface area contributed by atoms with Crippen molar-refractivity contribution in [1.29, 1.82) is 0 Å². The molecule has 2 atom stereocenters. The maximum atomic E-state index is 12.1. The molecule has 23 heavy (non-hydrogen) atoms. The molecule has 1 fully saturated rings. The van der Waals surface area contributed by atoms with Gasteiger partial charge >= 0.3 is 0 Å². The lowest BCUT2D eigenvalue weighted by molar-refractivity contribution is 0.102. The summed E-state index contributed by atoms with van der Waals surface area (Å²) >= 11 is 0. The molecule has 2 unspecified atom stereocenters. The zero-order valence-corrected chi connectivity index (χ0v) is 13.2. The molecule has 120 valence electrons. The van der Waals surface area contributed by atoms with Crippen LogP contribution in [0.3, 0.4) is 0 Å². The van der Waals surface area contributed by atoms with Crippen LogP contribution in [0.15, 0.2) is 48.8 Å². The highest BCUT2D eigenvalue weighted by molar-refractivity contribution is 6.04. The summed E-state index contributed by atoms with van der Waals surface area (Å²) in [5.41, 5.74) is 2.58. The predicted octanol–water partition coefficient (Wildman–Crippen LogP) is 2.77. The summed E-state index contributed by atoms with van der Waals surface area (Å²) in [5.74, 6) is -0.130. The average molecular weight is 311 g/mol. The first-order valence-electron chi connectivity index (χ1n) is 7.87. The Bertz CT molecular complexity index is 637. The van der Waals surface area contributed by atoms with Gasteiger partial charge in [-0.3, -0.25) is 9.78 Å². The fourth-order valence-corrected chi connectivity index (χ4v) is 2.68. The Kier molecular flexibility index (Phi) is 5.00. The van der Waals surface area contributed by atoms with Gasteiger partial charge in [0.1, 0.15) is 0 Å². The first-order chi connectivity index (χ1) is 11.2. The Morgan fingerprint density at radius 2 is 1.96 bits per heavy atom. The minimum absolute atomic E-state index is 0.130. The molecule has 3 rings (SSSR count). The molecular formula is C18H21N3O2. The van der Waals surface area contributed by atoms with Crippen molar-refractivity contribution in [1.82, 2.24) is 10.3 Å². The lowest BCUT2D eigenvalue weighted by atomic mass is 10.1. The second kappa shape index (κ2) is 7.35. The first-order valence-corrected chi connectivity index (χ1v) is 7.87. The fraction of sp³-hybridized carbons (Fsp3) is 0.333. The summed E-state index contributed by atoms with van der Waals surface area (Å²) in [6, 6.07) is 12.0. The number of carbonyl (C=O) groups is 1. The number of carbonyl (C=O) groups excluding carboxylic acids is 1. The van der Waals surface area contributed by atoms with Gasteiger partial charge in [0.25, 0.3) is 5.91 Å². The molecule has 0 saturated carbocycles. The van der Waals surface area contributed by atoms with Crippen LogP contribution in [0.1, 0.15) is 35.3 Å². The van der Waals surface area contributed by atoms with Crippen molar-refractivity contribution in [2.75, 3.05) is 18.5 Å². The number of hydrogen-bond donors (Lipinski definition) is 2. The molecule has 0 bridgehead atoms. The van der Waals surface area contributed by atoms with Crippen LogP contribution in [-0.2, 0) is 4.74 Å². The van der Waals surface area contributed by atoms with E-state index in [0.717, 1.165) is 25.3 Å². The number of rotatable bonds is 5. The van der Waals surface area contributed by atoms with E-state index >= 15 is 0 Å². The molecule has 1 aliphatic heterocycles. The van der Waals surface area contributed by atoms with Crippen molar-refractivity contribution in [2.24, 2.45) is 0 Å². The lowest BCUT2D eigenvalue weighted by Gasteiger charge is -2.19. The monoisotopic (exact) mass is 311 g/mol.